The van der Waals surface area contributed by atoms with Gasteiger partial charge < -0.3 is 4.74 Å². The first-order valence-electron chi connectivity index (χ1n) is 2.88. The fourth-order valence-electron chi connectivity index (χ4n) is 0.351. The van der Waals surface area contributed by atoms with Crippen LogP contribution in [0.15, 0.2) is 0 Å². The molecular weight excluding hydrogens is 200 g/mol. The van der Waals surface area contributed by atoms with Gasteiger partial charge in [-0.1, -0.05) is 15.9 Å². The molecule has 0 bridgehead atoms. The Morgan fingerprint density at radius 3 is 2.80 bits per heavy atom. The van der Waals surface area contributed by atoms with Crippen LogP contribution in [0.4, 0.5) is 0 Å². The van der Waals surface area contributed by atoms with Crippen LogP contribution >= 0.6 is 15.9 Å². The van der Waals surface area contributed by atoms with Crippen molar-refractivity contribution in [3.8, 4) is 0 Å². The molecule has 0 aromatic heterocycles. The molecule has 0 spiro atoms. The zero-order chi connectivity index (χ0) is 7.82. The minimum Gasteiger partial charge on any atom is -0.465 e. The lowest BCUT2D eigenvalue weighted by Gasteiger charge is -1.98. The van der Waals surface area contributed by atoms with E-state index in [9.17, 15) is 9.59 Å². The lowest BCUT2D eigenvalue weighted by atomic mass is 10.5. The Morgan fingerprint density at radius 1 is 1.60 bits per heavy atom. The van der Waals surface area contributed by atoms with Crippen molar-refractivity contribution in [1.29, 1.82) is 0 Å². The molecule has 10 heavy (non-hydrogen) atoms. The van der Waals surface area contributed by atoms with E-state index >= 15 is 0 Å². The number of halogens is 1. The van der Waals surface area contributed by atoms with Gasteiger partial charge in [-0.15, -0.1) is 0 Å². The number of hydrogen-bond acceptors (Lipinski definition) is 3. The largest absolute Gasteiger partial charge is 0.465 e. The predicted molar refractivity (Wildman–Crippen MR) is 39.7 cm³/mol. The summed E-state index contributed by atoms with van der Waals surface area (Å²) in [6.07, 6.45) is 1.96. The smallest absolute Gasteiger partial charge is 0.313 e. The van der Waals surface area contributed by atoms with Crippen LogP contribution in [-0.4, -0.2) is 24.2 Å². The summed E-state index contributed by atoms with van der Waals surface area (Å²) in [5, 5.41) is 0.797. The van der Waals surface area contributed by atoms with Crippen molar-refractivity contribution in [1.82, 2.24) is 0 Å². The Morgan fingerprint density at radius 2 is 2.30 bits per heavy atom. The highest BCUT2D eigenvalue weighted by Crippen LogP contribution is 1.90. The fourth-order valence-corrected chi connectivity index (χ4v) is 0.579. The number of ether oxygens (including phenoxy) is 1. The van der Waals surface area contributed by atoms with Gasteiger partial charge in [-0.05, 0) is 6.42 Å². The average molecular weight is 208 g/mol. The molecule has 0 saturated carbocycles. The van der Waals surface area contributed by atoms with Crippen molar-refractivity contribution >= 4 is 28.2 Å². The van der Waals surface area contributed by atoms with Crippen molar-refractivity contribution in [3.63, 3.8) is 0 Å². The second-order valence-electron chi connectivity index (χ2n) is 1.58. The van der Waals surface area contributed by atoms with E-state index in [1.807, 2.05) is 0 Å². The molecule has 0 N–H and O–H groups in total. The Kier molecular flexibility index (Phi) is 6.48. The third-order valence-electron chi connectivity index (χ3n) is 0.758. The zero-order valence-electron chi connectivity index (χ0n) is 5.43. The zero-order valence-corrected chi connectivity index (χ0v) is 7.02. The van der Waals surface area contributed by atoms with E-state index in [2.05, 4.69) is 20.7 Å². The van der Waals surface area contributed by atoms with Gasteiger partial charge in [-0.2, -0.15) is 0 Å². The van der Waals surface area contributed by atoms with Crippen LogP contribution in [0.25, 0.3) is 0 Å². The molecule has 0 aromatic carbocycles. The maximum atomic E-state index is 10.4. The van der Waals surface area contributed by atoms with Crippen LogP contribution < -0.4 is 0 Å². The van der Waals surface area contributed by atoms with E-state index in [4.69, 9.17) is 0 Å². The Labute approximate surface area is 67.9 Å². The van der Waals surface area contributed by atoms with Gasteiger partial charge in [-0.3, -0.25) is 9.59 Å². The molecule has 57 valence electrons. The maximum Gasteiger partial charge on any atom is 0.313 e. The Bertz CT molecular complexity index is 114. The molecule has 0 saturated heterocycles. The van der Waals surface area contributed by atoms with Crippen LogP contribution in [0.5, 0.6) is 0 Å². The standard InChI is InChI=1S/C6H8BrO3/c7-3-1-5-10-6(9)2-4-8/h1-3,5H2. The molecule has 0 aliphatic rings. The molecular formula is C6H8BrO3. The predicted octanol–water partition coefficient (Wildman–Crippen LogP) is 0.814. The summed E-state index contributed by atoms with van der Waals surface area (Å²) in [7, 11) is 0. The summed E-state index contributed by atoms with van der Waals surface area (Å²) in [6, 6.07) is 0. The van der Waals surface area contributed by atoms with Crippen molar-refractivity contribution < 1.29 is 14.3 Å². The van der Waals surface area contributed by atoms with Gasteiger partial charge >= 0.3 is 5.97 Å². The summed E-state index contributed by atoms with van der Waals surface area (Å²) in [5.74, 6) is -0.504. The van der Waals surface area contributed by atoms with Crippen LogP contribution in [-0.2, 0) is 14.3 Å². The van der Waals surface area contributed by atoms with Gasteiger partial charge in [0.15, 0.2) is 0 Å². The van der Waals surface area contributed by atoms with Gasteiger partial charge in [0, 0.05) is 5.33 Å². The highest BCUT2D eigenvalue weighted by atomic mass is 79.9. The van der Waals surface area contributed by atoms with Gasteiger partial charge in [0.2, 0.25) is 6.29 Å². The Hall–Kier alpha value is -0.380. The number of carbonyl (C=O) groups excluding carboxylic acids is 2. The van der Waals surface area contributed by atoms with E-state index in [0.29, 0.717) is 6.61 Å². The molecule has 0 aliphatic carbocycles. The summed E-state index contributed by atoms with van der Waals surface area (Å²) in [4.78, 5) is 20.0. The van der Waals surface area contributed by atoms with E-state index in [0.717, 1.165) is 11.8 Å². The lowest BCUT2D eigenvalue weighted by molar-refractivity contribution is -0.142. The second kappa shape index (κ2) is 6.74. The molecule has 0 amide bonds. The van der Waals surface area contributed by atoms with Crippen LogP contribution in [0, 0.1) is 0 Å². The summed E-state index contributed by atoms with van der Waals surface area (Å²) in [5.41, 5.74) is 0. The van der Waals surface area contributed by atoms with E-state index in [-0.39, 0.29) is 6.42 Å². The van der Waals surface area contributed by atoms with Crippen molar-refractivity contribution in [3.05, 3.63) is 0 Å². The maximum absolute atomic E-state index is 10.4. The molecule has 0 aliphatic heterocycles. The van der Waals surface area contributed by atoms with E-state index < -0.39 is 5.97 Å². The van der Waals surface area contributed by atoms with Crippen LogP contribution in [0.2, 0.25) is 0 Å². The summed E-state index contributed by atoms with van der Waals surface area (Å²) >= 11 is 3.17. The third-order valence-corrected chi connectivity index (χ3v) is 1.32. The molecule has 0 fully saturated rings. The fraction of sp³-hybridized carbons (Fsp3) is 0.667. The molecule has 0 unspecified atom stereocenters. The first kappa shape index (κ1) is 9.62. The van der Waals surface area contributed by atoms with Gasteiger partial charge in [-0.25, -0.2) is 0 Å². The SMILES string of the molecule is O=[C]CC(=O)OCCCBr. The number of alkyl halides is 1. The number of esters is 1. The molecule has 0 atom stereocenters. The normalized spacial score (nSPS) is 8.90. The highest BCUT2D eigenvalue weighted by molar-refractivity contribution is 9.09. The van der Waals surface area contributed by atoms with Gasteiger partial charge in [0.1, 0.15) is 6.42 Å². The van der Waals surface area contributed by atoms with Gasteiger partial charge in [0.25, 0.3) is 0 Å². The third kappa shape index (κ3) is 5.75. The van der Waals surface area contributed by atoms with Crippen LogP contribution in [0.1, 0.15) is 12.8 Å². The first-order chi connectivity index (χ1) is 4.81. The minimum absolute atomic E-state index is 0.262. The quantitative estimate of drug-likeness (QED) is 0.290. The monoisotopic (exact) mass is 207 g/mol. The number of hydrogen-bond donors (Lipinski definition) is 0. The Balaban J connectivity index is 3.13. The molecule has 4 heteroatoms. The number of carbonyl (C=O) groups is 1. The molecule has 0 heterocycles. The van der Waals surface area contributed by atoms with Crippen molar-refractivity contribution in [2.75, 3.05) is 11.9 Å². The van der Waals surface area contributed by atoms with Crippen LogP contribution in [0.3, 0.4) is 0 Å². The summed E-state index contributed by atoms with van der Waals surface area (Å²) in [6.45, 7) is 0.367. The number of rotatable bonds is 5. The van der Waals surface area contributed by atoms with Gasteiger partial charge in [0.05, 0.1) is 6.61 Å². The average Bonchev–Trinajstić information content (AvgIpc) is 1.89. The topological polar surface area (TPSA) is 43.4 Å². The van der Waals surface area contributed by atoms with E-state index in [1.54, 1.807) is 0 Å². The second-order valence-corrected chi connectivity index (χ2v) is 2.38. The molecule has 0 aromatic rings. The lowest BCUT2D eigenvalue weighted by Crippen LogP contribution is -2.05. The summed E-state index contributed by atoms with van der Waals surface area (Å²) < 4.78 is 4.59. The van der Waals surface area contributed by atoms with E-state index in [1.165, 1.54) is 6.29 Å². The first-order valence-corrected chi connectivity index (χ1v) is 4.00. The van der Waals surface area contributed by atoms with Crippen molar-refractivity contribution in [2.45, 2.75) is 12.8 Å². The molecule has 3 nitrogen and oxygen atoms in total. The minimum atomic E-state index is -0.504. The molecule has 0 rings (SSSR count). The highest BCUT2D eigenvalue weighted by Gasteiger charge is 1.99. The molecule has 1 radical (unpaired) electrons. The van der Waals surface area contributed by atoms with Crippen molar-refractivity contribution in [2.24, 2.45) is 0 Å².